The zero-order chi connectivity index (χ0) is 18.4. The van der Waals surface area contributed by atoms with Gasteiger partial charge in [-0.2, -0.15) is 0 Å². The van der Waals surface area contributed by atoms with Gasteiger partial charge >= 0.3 is 0 Å². The van der Waals surface area contributed by atoms with Gasteiger partial charge in [-0.25, -0.2) is 0 Å². The molecule has 0 atom stereocenters. The van der Waals surface area contributed by atoms with Crippen molar-refractivity contribution in [2.24, 2.45) is 0 Å². The molecule has 6 heteroatoms. The van der Waals surface area contributed by atoms with Crippen LogP contribution in [0.5, 0.6) is 0 Å². The number of rotatable bonds is 6. The fourth-order valence-electron chi connectivity index (χ4n) is 2.43. The van der Waals surface area contributed by atoms with Gasteiger partial charge in [0.2, 0.25) is 0 Å². The van der Waals surface area contributed by atoms with Gasteiger partial charge in [-0.05, 0) is 42.3 Å². The number of aromatic nitrogens is 1. The maximum absolute atomic E-state index is 12.4. The molecule has 0 bridgehead atoms. The van der Waals surface area contributed by atoms with Gasteiger partial charge in [0.25, 0.3) is 5.91 Å². The molecule has 0 saturated heterocycles. The molecule has 0 saturated carbocycles. The summed E-state index contributed by atoms with van der Waals surface area (Å²) in [5.74, 6) is -0.310. The SMILES string of the molecule is O=C(Nc1ccc(Cl)c(Cl)c1)c1cc(NCCc2ccccc2)ccn1. The van der Waals surface area contributed by atoms with Gasteiger partial charge in [0.1, 0.15) is 5.69 Å². The van der Waals surface area contributed by atoms with Crippen molar-refractivity contribution >= 4 is 40.5 Å². The van der Waals surface area contributed by atoms with Gasteiger partial charge in [-0.3, -0.25) is 9.78 Å². The average Bonchev–Trinajstić information content (AvgIpc) is 2.66. The van der Waals surface area contributed by atoms with Crippen LogP contribution in [0.15, 0.2) is 66.9 Å². The lowest BCUT2D eigenvalue weighted by Crippen LogP contribution is -2.14. The maximum atomic E-state index is 12.4. The first-order valence-electron chi connectivity index (χ1n) is 8.12. The fourth-order valence-corrected chi connectivity index (χ4v) is 2.73. The smallest absolute Gasteiger partial charge is 0.274 e. The van der Waals surface area contributed by atoms with Crippen LogP contribution in [-0.2, 0) is 6.42 Å². The molecule has 3 aromatic rings. The molecule has 2 N–H and O–H groups in total. The third-order valence-corrected chi connectivity index (χ3v) is 4.49. The summed E-state index contributed by atoms with van der Waals surface area (Å²) in [6, 6.07) is 18.7. The predicted octanol–water partition coefficient (Wildman–Crippen LogP) is 5.30. The Morgan fingerprint density at radius 2 is 1.73 bits per heavy atom. The molecular weight excluding hydrogens is 369 g/mol. The highest BCUT2D eigenvalue weighted by Crippen LogP contribution is 2.25. The van der Waals surface area contributed by atoms with Crippen molar-refractivity contribution < 1.29 is 4.79 Å². The third kappa shape index (κ3) is 4.97. The van der Waals surface area contributed by atoms with E-state index in [2.05, 4.69) is 27.8 Å². The highest BCUT2D eigenvalue weighted by atomic mass is 35.5. The topological polar surface area (TPSA) is 54.0 Å². The second-order valence-corrected chi connectivity index (χ2v) is 6.49. The summed E-state index contributed by atoms with van der Waals surface area (Å²) >= 11 is 11.8. The molecule has 0 radical (unpaired) electrons. The van der Waals surface area contributed by atoms with E-state index in [-0.39, 0.29) is 5.91 Å². The standard InChI is InChI=1S/C20H17Cl2N3O/c21-17-7-6-16(12-18(17)22)25-20(26)19-13-15(9-11-24-19)23-10-8-14-4-2-1-3-5-14/h1-7,9,11-13H,8,10H2,(H,23,24)(H,25,26). The number of halogens is 2. The Morgan fingerprint density at radius 3 is 2.50 bits per heavy atom. The number of carbonyl (C=O) groups is 1. The molecule has 0 unspecified atom stereocenters. The molecule has 132 valence electrons. The van der Waals surface area contributed by atoms with Crippen LogP contribution in [0, 0.1) is 0 Å². The minimum atomic E-state index is -0.310. The molecule has 0 spiro atoms. The van der Waals surface area contributed by atoms with Crippen molar-refractivity contribution in [3.8, 4) is 0 Å². The second kappa shape index (κ2) is 8.70. The number of benzene rings is 2. The summed E-state index contributed by atoms with van der Waals surface area (Å²) in [7, 11) is 0. The van der Waals surface area contributed by atoms with E-state index < -0.39 is 0 Å². The molecule has 3 rings (SSSR count). The molecule has 1 heterocycles. The Hall–Kier alpha value is -2.56. The monoisotopic (exact) mass is 385 g/mol. The Bertz CT molecular complexity index is 901. The van der Waals surface area contributed by atoms with Crippen LogP contribution in [0.3, 0.4) is 0 Å². The fraction of sp³-hybridized carbons (Fsp3) is 0.100. The molecule has 0 aliphatic carbocycles. The first-order valence-corrected chi connectivity index (χ1v) is 8.88. The van der Waals surface area contributed by atoms with E-state index in [1.807, 2.05) is 24.3 Å². The molecule has 0 aliphatic rings. The van der Waals surface area contributed by atoms with Gasteiger partial charge in [-0.15, -0.1) is 0 Å². The second-order valence-electron chi connectivity index (χ2n) is 5.68. The lowest BCUT2D eigenvalue weighted by atomic mass is 10.1. The van der Waals surface area contributed by atoms with E-state index in [4.69, 9.17) is 23.2 Å². The number of amides is 1. The van der Waals surface area contributed by atoms with E-state index in [0.717, 1.165) is 18.7 Å². The van der Waals surface area contributed by atoms with Crippen LogP contribution in [0.2, 0.25) is 10.0 Å². The molecule has 1 aromatic heterocycles. The van der Waals surface area contributed by atoms with E-state index in [1.165, 1.54) is 5.56 Å². The Morgan fingerprint density at radius 1 is 0.923 bits per heavy atom. The molecule has 0 aliphatic heterocycles. The lowest BCUT2D eigenvalue weighted by Gasteiger charge is -2.09. The lowest BCUT2D eigenvalue weighted by molar-refractivity contribution is 0.102. The summed E-state index contributed by atoms with van der Waals surface area (Å²) in [5, 5.41) is 6.89. The van der Waals surface area contributed by atoms with Crippen LogP contribution in [0.25, 0.3) is 0 Å². The Labute approximate surface area is 162 Å². The predicted molar refractivity (Wildman–Crippen MR) is 107 cm³/mol. The average molecular weight is 386 g/mol. The summed E-state index contributed by atoms with van der Waals surface area (Å²) in [5.41, 5.74) is 2.98. The van der Waals surface area contributed by atoms with E-state index >= 15 is 0 Å². The zero-order valence-electron chi connectivity index (χ0n) is 13.9. The highest BCUT2D eigenvalue weighted by molar-refractivity contribution is 6.42. The summed E-state index contributed by atoms with van der Waals surface area (Å²) in [4.78, 5) is 16.5. The summed E-state index contributed by atoms with van der Waals surface area (Å²) in [6.45, 7) is 0.766. The zero-order valence-corrected chi connectivity index (χ0v) is 15.4. The number of carbonyl (C=O) groups excluding carboxylic acids is 1. The summed E-state index contributed by atoms with van der Waals surface area (Å²) < 4.78 is 0. The van der Waals surface area contributed by atoms with Crippen molar-refractivity contribution in [1.82, 2.24) is 4.98 Å². The van der Waals surface area contributed by atoms with Crippen molar-refractivity contribution in [3.05, 3.63) is 88.2 Å². The Balaban J connectivity index is 1.60. The third-order valence-electron chi connectivity index (χ3n) is 3.76. The van der Waals surface area contributed by atoms with Crippen molar-refractivity contribution in [1.29, 1.82) is 0 Å². The normalized spacial score (nSPS) is 10.4. The van der Waals surface area contributed by atoms with Gasteiger partial charge in [-0.1, -0.05) is 53.5 Å². The Kier molecular flexibility index (Phi) is 6.10. The number of hydrogen-bond acceptors (Lipinski definition) is 3. The van der Waals surface area contributed by atoms with Crippen LogP contribution in [0.1, 0.15) is 16.1 Å². The molecule has 1 amide bonds. The first kappa shape index (κ1) is 18.2. The minimum Gasteiger partial charge on any atom is -0.385 e. The van der Waals surface area contributed by atoms with E-state index in [1.54, 1.807) is 30.5 Å². The van der Waals surface area contributed by atoms with Gasteiger partial charge < -0.3 is 10.6 Å². The van der Waals surface area contributed by atoms with Gasteiger partial charge in [0.15, 0.2) is 0 Å². The van der Waals surface area contributed by atoms with Crippen molar-refractivity contribution in [3.63, 3.8) is 0 Å². The number of nitrogens with zero attached hydrogens (tertiary/aromatic N) is 1. The molecule has 26 heavy (non-hydrogen) atoms. The molecule has 4 nitrogen and oxygen atoms in total. The van der Waals surface area contributed by atoms with Crippen molar-refractivity contribution in [2.75, 3.05) is 17.2 Å². The van der Waals surface area contributed by atoms with Gasteiger partial charge in [0, 0.05) is 24.1 Å². The number of nitrogens with one attached hydrogen (secondary N) is 2. The number of anilines is 2. The largest absolute Gasteiger partial charge is 0.385 e. The first-order chi connectivity index (χ1) is 12.6. The number of hydrogen-bond donors (Lipinski definition) is 2. The van der Waals surface area contributed by atoms with Crippen LogP contribution in [-0.4, -0.2) is 17.4 Å². The number of pyridine rings is 1. The van der Waals surface area contributed by atoms with E-state index in [9.17, 15) is 4.79 Å². The van der Waals surface area contributed by atoms with Crippen LogP contribution in [0.4, 0.5) is 11.4 Å². The molecular formula is C20H17Cl2N3O. The van der Waals surface area contributed by atoms with Gasteiger partial charge in [0.05, 0.1) is 10.0 Å². The maximum Gasteiger partial charge on any atom is 0.274 e. The molecule has 2 aromatic carbocycles. The highest BCUT2D eigenvalue weighted by Gasteiger charge is 2.09. The quantitative estimate of drug-likeness (QED) is 0.605. The minimum absolute atomic E-state index is 0.310. The molecule has 0 fully saturated rings. The van der Waals surface area contributed by atoms with Crippen molar-refractivity contribution in [2.45, 2.75) is 6.42 Å². The summed E-state index contributed by atoms with van der Waals surface area (Å²) in [6.07, 6.45) is 2.50. The van der Waals surface area contributed by atoms with Crippen LogP contribution < -0.4 is 10.6 Å². The van der Waals surface area contributed by atoms with E-state index in [0.29, 0.717) is 21.4 Å². The van der Waals surface area contributed by atoms with Crippen LogP contribution >= 0.6 is 23.2 Å².